The number of nitrogens with zero attached hydrogens (tertiary/aromatic N) is 6. The molecule has 3 fully saturated rings. The zero-order chi connectivity index (χ0) is 17.9. The summed E-state index contributed by atoms with van der Waals surface area (Å²) in [6, 6.07) is 6.96. The van der Waals surface area contributed by atoms with Crippen LogP contribution in [0.1, 0.15) is 23.2 Å². The lowest BCUT2D eigenvalue weighted by atomic mass is 10.1. The summed E-state index contributed by atoms with van der Waals surface area (Å²) < 4.78 is 5.94. The van der Waals surface area contributed by atoms with Crippen molar-refractivity contribution in [3.05, 3.63) is 29.8 Å². The predicted octanol–water partition coefficient (Wildman–Crippen LogP) is 0.0504. The number of aromatic nitrogens is 4. The molecule has 3 saturated heterocycles. The fourth-order valence-electron chi connectivity index (χ4n) is 4.36. The third kappa shape index (κ3) is 2.03. The lowest BCUT2D eigenvalue weighted by Gasteiger charge is -2.31. The Morgan fingerprint density at radius 3 is 2.81 bits per heavy atom. The number of hydrogen-bond acceptors (Lipinski definition) is 6. The highest BCUT2D eigenvalue weighted by Gasteiger charge is 2.62. The van der Waals surface area contributed by atoms with Crippen LogP contribution in [0.2, 0.25) is 0 Å². The molecule has 0 N–H and O–H groups in total. The predicted molar refractivity (Wildman–Crippen MR) is 88.7 cm³/mol. The van der Waals surface area contributed by atoms with Crippen LogP contribution >= 0.6 is 0 Å². The Morgan fingerprint density at radius 2 is 2.08 bits per heavy atom. The van der Waals surface area contributed by atoms with Crippen molar-refractivity contribution in [3.8, 4) is 11.4 Å². The fourth-order valence-corrected chi connectivity index (χ4v) is 4.36. The topological polar surface area (TPSA) is 93.5 Å². The molecule has 1 spiro atoms. The number of amides is 2. The van der Waals surface area contributed by atoms with Gasteiger partial charge in [-0.2, -0.15) is 4.80 Å². The quantitative estimate of drug-likeness (QED) is 0.757. The van der Waals surface area contributed by atoms with Crippen LogP contribution in [0.3, 0.4) is 0 Å². The molecule has 2 aromatic rings. The van der Waals surface area contributed by atoms with E-state index in [0.29, 0.717) is 43.9 Å². The minimum Gasteiger partial charge on any atom is -0.351 e. The van der Waals surface area contributed by atoms with Gasteiger partial charge in [-0.1, -0.05) is 12.1 Å². The van der Waals surface area contributed by atoms with Crippen LogP contribution in [-0.4, -0.2) is 73.3 Å². The summed E-state index contributed by atoms with van der Waals surface area (Å²) >= 11 is 0. The summed E-state index contributed by atoms with van der Waals surface area (Å²) in [5.41, 5.74) is 0.781. The summed E-state index contributed by atoms with van der Waals surface area (Å²) in [6.45, 7) is 1.77. The Kier molecular flexibility index (Phi) is 3.17. The molecular weight excluding hydrogens is 336 g/mol. The Morgan fingerprint density at radius 1 is 1.27 bits per heavy atom. The summed E-state index contributed by atoms with van der Waals surface area (Å²) in [5, 5.41) is 11.9. The second-order valence-corrected chi connectivity index (χ2v) is 6.89. The van der Waals surface area contributed by atoms with Crippen molar-refractivity contribution in [2.75, 3.05) is 19.7 Å². The Hall–Kier alpha value is -2.81. The van der Waals surface area contributed by atoms with Crippen molar-refractivity contribution < 1.29 is 14.3 Å². The Balaban J connectivity index is 1.40. The zero-order valence-corrected chi connectivity index (χ0v) is 14.3. The Bertz CT molecular complexity index is 894. The molecule has 3 aliphatic rings. The smallest absolute Gasteiger partial charge is 0.254 e. The molecule has 0 unspecified atom stereocenters. The number of likely N-dealkylation sites (tertiary alicyclic amines) is 1. The zero-order valence-electron chi connectivity index (χ0n) is 14.3. The monoisotopic (exact) mass is 354 g/mol. The van der Waals surface area contributed by atoms with E-state index < -0.39 is 5.72 Å². The van der Waals surface area contributed by atoms with Crippen molar-refractivity contribution in [1.29, 1.82) is 0 Å². The summed E-state index contributed by atoms with van der Waals surface area (Å²) in [5.74, 6) is 0.521. The average molecular weight is 354 g/mol. The first-order valence-corrected chi connectivity index (χ1v) is 8.68. The molecule has 1 aromatic carbocycles. The summed E-state index contributed by atoms with van der Waals surface area (Å²) in [7, 11) is 1.70. The molecule has 0 bridgehead atoms. The molecule has 5 rings (SSSR count). The molecule has 9 heteroatoms. The molecule has 9 nitrogen and oxygen atoms in total. The van der Waals surface area contributed by atoms with E-state index in [-0.39, 0.29) is 17.9 Å². The Labute approximate surface area is 149 Å². The van der Waals surface area contributed by atoms with Crippen molar-refractivity contribution in [3.63, 3.8) is 0 Å². The molecule has 3 aliphatic heterocycles. The number of ether oxygens (including phenoxy) is 1. The van der Waals surface area contributed by atoms with E-state index in [1.165, 1.54) is 4.80 Å². The number of benzene rings is 1. The van der Waals surface area contributed by atoms with E-state index in [0.717, 1.165) is 5.56 Å². The third-order valence-corrected chi connectivity index (χ3v) is 5.56. The molecule has 0 radical (unpaired) electrons. The number of aryl methyl sites for hydroxylation is 1. The fraction of sp³-hybridized carbons (Fsp3) is 0.471. The van der Waals surface area contributed by atoms with Gasteiger partial charge >= 0.3 is 0 Å². The van der Waals surface area contributed by atoms with E-state index in [4.69, 9.17) is 4.74 Å². The number of carbonyl (C=O) groups is 2. The average Bonchev–Trinajstić information content (AvgIpc) is 3.38. The number of tetrazole rings is 1. The third-order valence-electron chi connectivity index (χ3n) is 5.56. The van der Waals surface area contributed by atoms with Crippen molar-refractivity contribution in [2.24, 2.45) is 7.05 Å². The van der Waals surface area contributed by atoms with Crippen LogP contribution in [0.4, 0.5) is 0 Å². The lowest BCUT2D eigenvalue weighted by Crippen LogP contribution is -2.48. The molecule has 2 amide bonds. The van der Waals surface area contributed by atoms with Crippen molar-refractivity contribution in [2.45, 2.75) is 24.6 Å². The first-order valence-electron chi connectivity index (χ1n) is 8.68. The van der Waals surface area contributed by atoms with Gasteiger partial charge in [0.05, 0.1) is 26.1 Å². The van der Waals surface area contributed by atoms with Gasteiger partial charge in [-0.05, 0) is 17.3 Å². The summed E-state index contributed by atoms with van der Waals surface area (Å²) in [6.07, 6.45) is 1.02. The van der Waals surface area contributed by atoms with Crippen LogP contribution in [-0.2, 0) is 16.6 Å². The molecule has 0 aliphatic carbocycles. The standard InChI is InChI=1S/C17H18N6O3/c1-21-19-15(18-20-21)11-2-4-12(5-3-11)16(25)22-7-6-17-13(22)10-14(24)23(17)8-9-26-17/h2-5,13H,6-10H2,1H3/t13-,17+/m1/s1. The largest absolute Gasteiger partial charge is 0.351 e. The lowest BCUT2D eigenvalue weighted by molar-refractivity contribution is -0.136. The SMILES string of the molecule is Cn1nnc(-c2ccc(C(=O)N3CC[C@@]45OCCN4C(=O)C[C@@H]35)cc2)n1. The van der Waals surface area contributed by atoms with Gasteiger partial charge in [0.1, 0.15) is 0 Å². The maximum atomic E-state index is 13.0. The van der Waals surface area contributed by atoms with Crippen molar-refractivity contribution >= 4 is 11.8 Å². The van der Waals surface area contributed by atoms with Gasteiger partial charge in [-0.25, -0.2) is 0 Å². The first kappa shape index (κ1) is 15.4. The minimum atomic E-state index is -0.601. The number of hydrogen-bond donors (Lipinski definition) is 0. The molecule has 2 atom stereocenters. The second kappa shape index (κ2) is 5.34. The van der Waals surface area contributed by atoms with Gasteiger partial charge in [0.15, 0.2) is 5.72 Å². The number of rotatable bonds is 2. The molecule has 0 saturated carbocycles. The van der Waals surface area contributed by atoms with Gasteiger partial charge < -0.3 is 14.5 Å². The minimum absolute atomic E-state index is 0.0734. The normalized spacial score (nSPS) is 27.1. The summed E-state index contributed by atoms with van der Waals surface area (Å²) in [4.78, 5) is 30.3. The van der Waals surface area contributed by atoms with E-state index >= 15 is 0 Å². The van der Waals surface area contributed by atoms with Gasteiger partial charge in [0.2, 0.25) is 11.7 Å². The van der Waals surface area contributed by atoms with Gasteiger partial charge in [-0.15, -0.1) is 10.2 Å². The van der Waals surface area contributed by atoms with Crippen molar-refractivity contribution in [1.82, 2.24) is 30.0 Å². The molecule has 4 heterocycles. The van der Waals surface area contributed by atoms with Crippen LogP contribution in [0, 0.1) is 0 Å². The van der Waals surface area contributed by atoms with Crippen LogP contribution in [0.5, 0.6) is 0 Å². The van der Waals surface area contributed by atoms with Gasteiger partial charge in [0, 0.05) is 30.6 Å². The van der Waals surface area contributed by atoms with Gasteiger partial charge in [0.25, 0.3) is 5.91 Å². The van der Waals surface area contributed by atoms with Crippen LogP contribution < -0.4 is 0 Å². The van der Waals surface area contributed by atoms with Crippen LogP contribution in [0.25, 0.3) is 11.4 Å². The molecule has 1 aromatic heterocycles. The number of carbonyl (C=O) groups excluding carboxylic acids is 2. The molecule has 26 heavy (non-hydrogen) atoms. The van der Waals surface area contributed by atoms with Crippen LogP contribution in [0.15, 0.2) is 24.3 Å². The van der Waals surface area contributed by atoms with E-state index in [2.05, 4.69) is 15.4 Å². The van der Waals surface area contributed by atoms with E-state index in [9.17, 15) is 9.59 Å². The second-order valence-electron chi connectivity index (χ2n) is 6.89. The maximum Gasteiger partial charge on any atom is 0.254 e. The van der Waals surface area contributed by atoms with E-state index in [1.807, 2.05) is 17.0 Å². The first-order chi connectivity index (χ1) is 12.6. The molecule has 134 valence electrons. The highest BCUT2D eigenvalue weighted by atomic mass is 16.5. The highest BCUT2D eigenvalue weighted by Crippen LogP contribution is 2.45. The van der Waals surface area contributed by atoms with Gasteiger partial charge in [-0.3, -0.25) is 9.59 Å². The highest BCUT2D eigenvalue weighted by molar-refractivity contribution is 5.96. The molecular formula is C17H18N6O3. The van der Waals surface area contributed by atoms with E-state index in [1.54, 1.807) is 24.1 Å². The maximum absolute atomic E-state index is 13.0.